The minimum atomic E-state index is -4.46. The number of carbonyl (C=O) groups is 1. The van der Waals surface area contributed by atoms with Gasteiger partial charge >= 0.3 is 12.1 Å². The molecule has 13 heavy (non-hydrogen) atoms. The molecule has 2 nitrogen and oxygen atoms in total. The Bertz CT molecular complexity index is 206. The Balaban J connectivity index is 3.96. The maximum Gasteiger partial charge on any atom is 0.422 e. The molecule has 0 amide bonds. The molecule has 0 aliphatic carbocycles. The van der Waals surface area contributed by atoms with Gasteiger partial charge in [-0.1, -0.05) is 13.0 Å². The molecule has 0 fully saturated rings. The van der Waals surface area contributed by atoms with Crippen LogP contribution in [0.3, 0.4) is 0 Å². The fraction of sp³-hybridized carbons (Fsp3) is 0.625. The summed E-state index contributed by atoms with van der Waals surface area (Å²) >= 11 is 0. The van der Waals surface area contributed by atoms with Crippen LogP contribution in [0.5, 0.6) is 0 Å². The van der Waals surface area contributed by atoms with Gasteiger partial charge in [-0.15, -0.1) is 0 Å². The van der Waals surface area contributed by atoms with E-state index in [0.717, 1.165) is 0 Å². The first-order valence-electron chi connectivity index (χ1n) is 3.77. The summed E-state index contributed by atoms with van der Waals surface area (Å²) in [6.07, 6.45) is -2.35. The van der Waals surface area contributed by atoms with Crippen molar-refractivity contribution in [2.24, 2.45) is 0 Å². The monoisotopic (exact) mass is 196 g/mol. The topological polar surface area (TPSA) is 26.3 Å². The number of esters is 1. The van der Waals surface area contributed by atoms with Crippen LogP contribution < -0.4 is 0 Å². The Morgan fingerprint density at radius 1 is 1.46 bits per heavy atom. The molecular weight excluding hydrogens is 185 g/mol. The Hall–Kier alpha value is -1.00. The zero-order chi connectivity index (χ0) is 10.5. The van der Waals surface area contributed by atoms with Gasteiger partial charge in [0.05, 0.1) is 0 Å². The summed E-state index contributed by atoms with van der Waals surface area (Å²) in [6.45, 7) is 1.67. The highest BCUT2D eigenvalue weighted by atomic mass is 19.4. The fourth-order valence-electron chi connectivity index (χ4n) is 0.651. The lowest BCUT2D eigenvalue weighted by molar-refractivity contribution is -0.183. The molecule has 0 bridgehead atoms. The molecule has 0 aromatic rings. The molecular formula is C8H11F3O2. The number of halogens is 3. The highest BCUT2D eigenvalue weighted by Gasteiger charge is 2.29. The summed E-state index contributed by atoms with van der Waals surface area (Å²) in [6, 6.07) is 0. The van der Waals surface area contributed by atoms with Crippen LogP contribution in [0.15, 0.2) is 11.6 Å². The maximum absolute atomic E-state index is 11.6. The Labute approximate surface area is 74.4 Å². The molecule has 0 radical (unpaired) electrons. The van der Waals surface area contributed by atoms with E-state index in [9.17, 15) is 18.0 Å². The standard InChI is InChI=1S/C8H11F3O2/c1-3-4-6(2)7(12)13-5-8(9,10)11/h4H,3,5H2,1-2H3. The van der Waals surface area contributed by atoms with Crippen molar-refractivity contribution in [3.05, 3.63) is 11.6 Å². The zero-order valence-electron chi connectivity index (χ0n) is 7.44. The van der Waals surface area contributed by atoms with E-state index in [1.807, 2.05) is 0 Å². The first-order chi connectivity index (χ1) is 5.87. The highest BCUT2D eigenvalue weighted by Crippen LogP contribution is 2.15. The van der Waals surface area contributed by atoms with Gasteiger partial charge in [0.15, 0.2) is 6.61 Å². The fourth-order valence-corrected chi connectivity index (χ4v) is 0.651. The predicted molar refractivity (Wildman–Crippen MR) is 41.1 cm³/mol. The molecule has 0 spiro atoms. The number of hydrogen-bond donors (Lipinski definition) is 0. The van der Waals surface area contributed by atoms with Crippen molar-refractivity contribution >= 4 is 5.97 Å². The van der Waals surface area contributed by atoms with E-state index in [-0.39, 0.29) is 5.57 Å². The van der Waals surface area contributed by atoms with Gasteiger partial charge in [-0.3, -0.25) is 0 Å². The van der Waals surface area contributed by atoms with E-state index in [0.29, 0.717) is 6.42 Å². The summed E-state index contributed by atoms with van der Waals surface area (Å²) in [4.78, 5) is 10.8. The second-order valence-corrected chi connectivity index (χ2v) is 2.49. The van der Waals surface area contributed by atoms with E-state index in [2.05, 4.69) is 4.74 Å². The second kappa shape index (κ2) is 4.89. The Kier molecular flexibility index (Phi) is 4.51. The average Bonchev–Trinajstić information content (AvgIpc) is 1.99. The van der Waals surface area contributed by atoms with Crippen molar-refractivity contribution in [1.29, 1.82) is 0 Å². The van der Waals surface area contributed by atoms with Gasteiger partial charge in [-0.05, 0) is 13.3 Å². The molecule has 0 rings (SSSR count). The molecule has 0 N–H and O–H groups in total. The van der Waals surface area contributed by atoms with Crippen LogP contribution in [0.25, 0.3) is 0 Å². The largest absolute Gasteiger partial charge is 0.453 e. The molecule has 0 atom stereocenters. The lowest BCUT2D eigenvalue weighted by atomic mass is 10.2. The zero-order valence-corrected chi connectivity index (χ0v) is 7.44. The van der Waals surface area contributed by atoms with E-state index in [1.165, 1.54) is 13.0 Å². The van der Waals surface area contributed by atoms with Gasteiger partial charge in [-0.25, -0.2) is 4.79 Å². The van der Waals surface area contributed by atoms with Crippen LogP contribution in [0, 0.1) is 0 Å². The third kappa shape index (κ3) is 6.19. The molecule has 0 aromatic carbocycles. The van der Waals surface area contributed by atoms with Gasteiger partial charge in [-0.2, -0.15) is 13.2 Å². The molecule has 0 aromatic heterocycles. The minimum absolute atomic E-state index is 0.201. The third-order valence-electron chi connectivity index (χ3n) is 1.20. The highest BCUT2D eigenvalue weighted by molar-refractivity contribution is 5.87. The van der Waals surface area contributed by atoms with Crippen LogP contribution >= 0.6 is 0 Å². The molecule has 0 saturated carbocycles. The number of ether oxygens (including phenoxy) is 1. The normalized spacial score (nSPS) is 12.8. The van der Waals surface area contributed by atoms with Gasteiger partial charge in [0, 0.05) is 5.57 Å². The van der Waals surface area contributed by atoms with E-state index in [4.69, 9.17) is 0 Å². The summed E-state index contributed by atoms with van der Waals surface area (Å²) < 4.78 is 38.7. The smallest absolute Gasteiger partial charge is 0.422 e. The molecule has 0 saturated heterocycles. The number of allylic oxidation sites excluding steroid dienone is 1. The number of rotatable bonds is 3. The predicted octanol–water partition coefficient (Wildman–Crippen LogP) is 2.45. The van der Waals surface area contributed by atoms with Gasteiger partial charge in [0.2, 0.25) is 0 Å². The second-order valence-electron chi connectivity index (χ2n) is 2.49. The summed E-state index contributed by atoms with van der Waals surface area (Å²) in [5.74, 6) is -0.917. The van der Waals surface area contributed by atoms with Crippen molar-refractivity contribution in [2.75, 3.05) is 6.61 Å². The quantitative estimate of drug-likeness (QED) is 0.512. The van der Waals surface area contributed by atoms with Crippen molar-refractivity contribution < 1.29 is 22.7 Å². The molecule has 0 aliphatic rings. The van der Waals surface area contributed by atoms with Crippen LogP contribution in [-0.4, -0.2) is 18.8 Å². The first-order valence-corrected chi connectivity index (χ1v) is 3.77. The molecule has 0 heterocycles. The number of carbonyl (C=O) groups excluding carboxylic acids is 1. The Morgan fingerprint density at radius 3 is 2.38 bits per heavy atom. The van der Waals surface area contributed by atoms with Crippen molar-refractivity contribution in [2.45, 2.75) is 26.4 Å². The van der Waals surface area contributed by atoms with Crippen molar-refractivity contribution in [1.82, 2.24) is 0 Å². The van der Waals surface area contributed by atoms with Crippen LogP contribution in [0.2, 0.25) is 0 Å². The molecule has 0 aliphatic heterocycles. The lowest BCUT2D eigenvalue weighted by Gasteiger charge is -2.07. The molecule has 76 valence electrons. The number of hydrogen-bond acceptors (Lipinski definition) is 2. The minimum Gasteiger partial charge on any atom is -0.453 e. The third-order valence-corrected chi connectivity index (χ3v) is 1.20. The van der Waals surface area contributed by atoms with Crippen molar-refractivity contribution in [3.63, 3.8) is 0 Å². The lowest BCUT2D eigenvalue weighted by Crippen LogP contribution is -2.20. The van der Waals surface area contributed by atoms with E-state index < -0.39 is 18.8 Å². The van der Waals surface area contributed by atoms with Crippen molar-refractivity contribution in [3.8, 4) is 0 Å². The van der Waals surface area contributed by atoms with Crippen LogP contribution in [-0.2, 0) is 9.53 Å². The first kappa shape index (κ1) is 12.0. The van der Waals surface area contributed by atoms with E-state index in [1.54, 1.807) is 6.92 Å². The van der Waals surface area contributed by atoms with Gasteiger partial charge in [0.25, 0.3) is 0 Å². The van der Waals surface area contributed by atoms with Gasteiger partial charge in [0.1, 0.15) is 0 Å². The van der Waals surface area contributed by atoms with Crippen LogP contribution in [0.1, 0.15) is 20.3 Å². The molecule has 5 heteroatoms. The SMILES string of the molecule is CCC=C(C)C(=O)OCC(F)(F)F. The summed E-state index contributed by atoms with van der Waals surface area (Å²) in [5.41, 5.74) is 0.201. The Morgan fingerprint density at radius 2 is 2.00 bits per heavy atom. The summed E-state index contributed by atoms with van der Waals surface area (Å²) in [5, 5.41) is 0. The van der Waals surface area contributed by atoms with Crippen LogP contribution in [0.4, 0.5) is 13.2 Å². The van der Waals surface area contributed by atoms with Gasteiger partial charge < -0.3 is 4.74 Å². The maximum atomic E-state index is 11.6. The molecule has 0 unspecified atom stereocenters. The average molecular weight is 196 g/mol. The van der Waals surface area contributed by atoms with E-state index >= 15 is 0 Å². The summed E-state index contributed by atoms with van der Waals surface area (Å²) in [7, 11) is 0. The number of alkyl halides is 3.